The second-order valence-corrected chi connectivity index (χ2v) is 4.94. The van der Waals surface area contributed by atoms with Crippen molar-refractivity contribution in [3.8, 4) is 0 Å². The molecule has 0 aliphatic rings. The number of rotatable bonds is 4. The van der Waals surface area contributed by atoms with Gasteiger partial charge < -0.3 is 5.32 Å². The molecule has 1 N–H and O–H groups in total. The summed E-state index contributed by atoms with van der Waals surface area (Å²) >= 11 is 5.93. The van der Waals surface area contributed by atoms with Gasteiger partial charge in [0.15, 0.2) is 0 Å². The van der Waals surface area contributed by atoms with Gasteiger partial charge in [0.25, 0.3) is 0 Å². The van der Waals surface area contributed by atoms with Crippen molar-refractivity contribution < 1.29 is 0 Å². The molecule has 0 saturated carbocycles. The Bertz CT molecular complexity index is 505. The first-order valence-corrected chi connectivity index (χ1v) is 6.58. The molecule has 94 valence electrons. The Balaban J connectivity index is 2.33. The maximum absolute atomic E-state index is 5.93. The van der Waals surface area contributed by atoms with Gasteiger partial charge in [0, 0.05) is 17.5 Å². The molecule has 0 unspecified atom stereocenters. The highest BCUT2D eigenvalue weighted by Gasteiger charge is 2.11. The van der Waals surface area contributed by atoms with E-state index in [-0.39, 0.29) is 0 Å². The van der Waals surface area contributed by atoms with E-state index >= 15 is 0 Å². The Hall–Kier alpha value is -1.31. The third-order valence-corrected chi connectivity index (χ3v) is 3.51. The lowest BCUT2D eigenvalue weighted by atomic mass is 9.90. The first-order chi connectivity index (χ1) is 8.72. The highest BCUT2D eigenvalue weighted by molar-refractivity contribution is 6.30. The first-order valence-electron chi connectivity index (χ1n) is 6.20. The summed E-state index contributed by atoms with van der Waals surface area (Å²) in [7, 11) is 1.98. The standard InChI is InChI=1S/C16H18ClN/c1-12(13-7-9-15(17)10-8-13)16-6-4-3-5-14(16)11-18-2/h3-10,12,18H,11H2,1-2H3/t12-/m1/s1. The highest BCUT2D eigenvalue weighted by atomic mass is 35.5. The van der Waals surface area contributed by atoms with E-state index in [1.165, 1.54) is 16.7 Å². The molecule has 1 atom stereocenters. The Morgan fingerprint density at radius 2 is 1.72 bits per heavy atom. The van der Waals surface area contributed by atoms with Crippen LogP contribution in [-0.4, -0.2) is 7.05 Å². The Labute approximate surface area is 114 Å². The molecule has 18 heavy (non-hydrogen) atoms. The highest BCUT2D eigenvalue weighted by Crippen LogP contribution is 2.27. The molecule has 0 amide bonds. The van der Waals surface area contributed by atoms with Gasteiger partial charge in [-0.1, -0.05) is 54.9 Å². The van der Waals surface area contributed by atoms with Crippen molar-refractivity contribution in [2.45, 2.75) is 19.4 Å². The zero-order valence-electron chi connectivity index (χ0n) is 10.8. The van der Waals surface area contributed by atoms with E-state index in [2.05, 4.69) is 48.6 Å². The normalized spacial score (nSPS) is 12.4. The number of nitrogens with one attached hydrogen (secondary N) is 1. The fourth-order valence-corrected chi connectivity index (χ4v) is 2.37. The minimum atomic E-state index is 0.381. The largest absolute Gasteiger partial charge is 0.316 e. The molecule has 2 aromatic carbocycles. The van der Waals surface area contributed by atoms with Crippen LogP contribution < -0.4 is 5.32 Å². The van der Waals surface area contributed by atoms with Crippen LogP contribution in [0.3, 0.4) is 0 Å². The van der Waals surface area contributed by atoms with Crippen molar-refractivity contribution in [3.05, 3.63) is 70.2 Å². The third-order valence-electron chi connectivity index (χ3n) is 3.26. The minimum absolute atomic E-state index is 0.381. The van der Waals surface area contributed by atoms with Crippen LogP contribution in [0.4, 0.5) is 0 Å². The Morgan fingerprint density at radius 3 is 2.39 bits per heavy atom. The number of halogens is 1. The Morgan fingerprint density at radius 1 is 1.06 bits per heavy atom. The second-order valence-electron chi connectivity index (χ2n) is 4.50. The summed E-state index contributed by atoms with van der Waals surface area (Å²) in [6.07, 6.45) is 0. The molecule has 0 spiro atoms. The molecule has 0 aliphatic heterocycles. The van der Waals surface area contributed by atoms with Crippen LogP contribution in [-0.2, 0) is 6.54 Å². The lowest BCUT2D eigenvalue weighted by Gasteiger charge is -2.17. The summed E-state index contributed by atoms with van der Waals surface area (Å²) in [5.41, 5.74) is 4.01. The molecule has 0 aromatic heterocycles. The van der Waals surface area contributed by atoms with E-state index in [0.717, 1.165) is 11.6 Å². The van der Waals surface area contributed by atoms with Gasteiger partial charge in [-0.15, -0.1) is 0 Å². The van der Waals surface area contributed by atoms with E-state index in [1.54, 1.807) is 0 Å². The van der Waals surface area contributed by atoms with Gasteiger partial charge in [0.05, 0.1) is 0 Å². The molecular weight excluding hydrogens is 242 g/mol. The molecule has 0 aliphatic carbocycles. The van der Waals surface area contributed by atoms with E-state index in [9.17, 15) is 0 Å². The van der Waals surface area contributed by atoms with Crippen molar-refractivity contribution in [3.63, 3.8) is 0 Å². The van der Waals surface area contributed by atoms with Crippen molar-refractivity contribution in [2.24, 2.45) is 0 Å². The minimum Gasteiger partial charge on any atom is -0.316 e. The van der Waals surface area contributed by atoms with Gasteiger partial charge in [-0.05, 0) is 35.9 Å². The van der Waals surface area contributed by atoms with Crippen molar-refractivity contribution in [1.82, 2.24) is 5.32 Å². The molecule has 0 saturated heterocycles. The molecule has 0 bridgehead atoms. The number of hydrogen-bond donors (Lipinski definition) is 1. The van der Waals surface area contributed by atoms with Crippen molar-refractivity contribution >= 4 is 11.6 Å². The third kappa shape index (κ3) is 2.92. The van der Waals surface area contributed by atoms with Gasteiger partial charge in [-0.25, -0.2) is 0 Å². The summed E-state index contributed by atoms with van der Waals surface area (Å²) in [5, 5.41) is 4.01. The summed E-state index contributed by atoms with van der Waals surface area (Å²) < 4.78 is 0. The quantitative estimate of drug-likeness (QED) is 0.867. The summed E-state index contributed by atoms with van der Waals surface area (Å²) in [5.74, 6) is 0.381. The molecule has 0 radical (unpaired) electrons. The summed E-state index contributed by atoms with van der Waals surface area (Å²) in [6, 6.07) is 16.7. The average Bonchev–Trinajstić information content (AvgIpc) is 2.40. The van der Waals surface area contributed by atoms with Gasteiger partial charge in [-0.3, -0.25) is 0 Å². The first kappa shape index (κ1) is 13.1. The lowest BCUT2D eigenvalue weighted by Crippen LogP contribution is -2.09. The average molecular weight is 260 g/mol. The zero-order valence-corrected chi connectivity index (χ0v) is 11.5. The molecule has 2 rings (SSSR count). The van der Waals surface area contributed by atoms with Crippen LogP contribution in [0.1, 0.15) is 29.5 Å². The van der Waals surface area contributed by atoms with E-state index < -0.39 is 0 Å². The maximum atomic E-state index is 5.93. The van der Waals surface area contributed by atoms with Gasteiger partial charge in [0.1, 0.15) is 0 Å². The second kappa shape index (κ2) is 6.03. The molecule has 0 fully saturated rings. The van der Waals surface area contributed by atoms with E-state index in [0.29, 0.717) is 5.92 Å². The van der Waals surface area contributed by atoms with Crippen LogP contribution >= 0.6 is 11.6 Å². The van der Waals surface area contributed by atoms with Gasteiger partial charge in [-0.2, -0.15) is 0 Å². The zero-order chi connectivity index (χ0) is 13.0. The number of benzene rings is 2. The summed E-state index contributed by atoms with van der Waals surface area (Å²) in [4.78, 5) is 0. The number of hydrogen-bond acceptors (Lipinski definition) is 1. The van der Waals surface area contributed by atoms with Crippen LogP contribution in [0.15, 0.2) is 48.5 Å². The van der Waals surface area contributed by atoms with E-state index in [4.69, 9.17) is 11.6 Å². The van der Waals surface area contributed by atoms with Crippen molar-refractivity contribution in [2.75, 3.05) is 7.05 Å². The molecular formula is C16H18ClN. The predicted octanol–water partition coefficient (Wildman–Crippen LogP) is 4.21. The van der Waals surface area contributed by atoms with Gasteiger partial charge >= 0.3 is 0 Å². The fraction of sp³-hybridized carbons (Fsp3) is 0.250. The van der Waals surface area contributed by atoms with Crippen molar-refractivity contribution in [1.29, 1.82) is 0 Å². The smallest absolute Gasteiger partial charge is 0.0406 e. The van der Waals surface area contributed by atoms with Gasteiger partial charge in [0.2, 0.25) is 0 Å². The monoisotopic (exact) mass is 259 g/mol. The fourth-order valence-electron chi connectivity index (χ4n) is 2.24. The maximum Gasteiger partial charge on any atom is 0.0406 e. The molecule has 1 nitrogen and oxygen atoms in total. The predicted molar refractivity (Wildman–Crippen MR) is 78.2 cm³/mol. The SMILES string of the molecule is CNCc1ccccc1[C@H](C)c1ccc(Cl)cc1. The topological polar surface area (TPSA) is 12.0 Å². The lowest BCUT2D eigenvalue weighted by molar-refractivity contribution is 0.789. The van der Waals surface area contributed by atoms with Crippen LogP contribution in [0.2, 0.25) is 5.02 Å². The Kier molecular flexibility index (Phi) is 4.40. The molecule has 2 heteroatoms. The summed E-state index contributed by atoms with van der Waals surface area (Å²) in [6.45, 7) is 3.13. The molecule has 0 heterocycles. The van der Waals surface area contributed by atoms with Crippen LogP contribution in [0.5, 0.6) is 0 Å². The molecule has 2 aromatic rings. The van der Waals surface area contributed by atoms with E-state index in [1.807, 2.05) is 19.2 Å². The van der Waals surface area contributed by atoms with Crippen LogP contribution in [0.25, 0.3) is 0 Å². The van der Waals surface area contributed by atoms with Crippen LogP contribution in [0, 0.1) is 0 Å².